The Bertz CT molecular complexity index is 2930. The summed E-state index contributed by atoms with van der Waals surface area (Å²) in [4.78, 5) is 65.0. The first-order chi connectivity index (χ1) is 32.0. The van der Waals surface area contributed by atoms with E-state index in [9.17, 15) is 27.9 Å². The fraction of sp³-hybridized carbons (Fsp3) is 0.245. The van der Waals surface area contributed by atoms with Crippen LogP contribution in [0.5, 0.6) is 23.0 Å². The molecule has 1 saturated carbocycles. The third-order valence-electron chi connectivity index (χ3n) is 13.2. The minimum absolute atomic E-state index is 0.0373. The molecule has 344 valence electrons. The van der Waals surface area contributed by atoms with Gasteiger partial charge in [0, 0.05) is 22.7 Å². The number of hydrogen-bond acceptors (Lipinski definition) is 10. The molecule has 4 aromatic carbocycles. The molecule has 0 unspecified atom stereocenters. The van der Waals surface area contributed by atoms with Crippen molar-refractivity contribution in [1.29, 1.82) is 0 Å². The molecule has 6 atom stereocenters. The lowest BCUT2D eigenvalue weighted by Gasteiger charge is -2.50. The Balaban J connectivity index is 1.13. The van der Waals surface area contributed by atoms with Gasteiger partial charge in [-0.2, -0.15) is 18.2 Å². The van der Waals surface area contributed by atoms with Crippen LogP contribution in [0.4, 0.5) is 24.7 Å². The van der Waals surface area contributed by atoms with E-state index < -0.39 is 81.2 Å². The van der Waals surface area contributed by atoms with Crippen molar-refractivity contribution in [2.45, 2.75) is 30.4 Å². The van der Waals surface area contributed by atoms with E-state index >= 15 is 9.59 Å². The fourth-order valence-electron chi connectivity index (χ4n) is 10.2. The van der Waals surface area contributed by atoms with Crippen molar-refractivity contribution < 1.29 is 51.7 Å². The van der Waals surface area contributed by atoms with Gasteiger partial charge in [0.2, 0.25) is 11.8 Å². The molecule has 2 N–H and O–H groups in total. The maximum absolute atomic E-state index is 15.6. The number of imide groups is 2. The van der Waals surface area contributed by atoms with Crippen LogP contribution in [-0.4, -0.2) is 60.1 Å². The first-order valence-electron chi connectivity index (χ1n) is 20.8. The highest BCUT2D eigenvalue weighted by Crippen LogP contribution is 2.65. The summed E-state index contributed by atoms with van der Waals surface area (Å²) in [5.41, 5.74) is 2.93. The Morgan fingerprint density at radius 1 is 0.851 bits per heavy atom. The highest BCUT2D eigenvalue weighted by Gasteiger charge is 2.70. The summed E-state index contributed by atoms with van der Waals surface area (Å²) < 4.78 is 57.5. The van der Waals surface area contributed by atoms with Crippen molar-refractivity contribution in [3.8, 4) is 23.0 Å². The van der Waals surface area contributed by atoms with Crippen molar-refractivity contribution in [1.82, 2.24) is 9.99 Å². The molecule has 2 aliphatic heterocycles. The Kier molecular flexibility index (Phi) is 11.9. The number of pyridine rings is 1. The first-order valence-corrected chi connectivity index (χ1v) is 22.3. The van der Waals surface area contributed by atoms with Gasteiger partial charge < -0.3 is 19.3 Å². The number of nitrogens with zero attached hydrogens (tertiary/aromatic N) is 3. The van der Waals surface area contributed by atoms with E-state index in [4.69, 9.17) is 37.4 Å². The number of aromatic hydroxyl groups is 1. The summed E-state index contributed by atoms with van der Waals surface area (Å²) in [6.07, 6.45) is 1.34. The zero-order chi connectivity index (χ0) is 47.7. The lowest BCUT2D eigenvalue weighted by Crippen LogP contribution is -2.53. The van der Waals surface area contributed by atoms with E-state index in [0.717, 1.165) is 11.1 Å². The van der Waals surface area contributed by atoms with Crippen molar-refractivity contribution in [2.24, 2.45) is 23.7 Å². The number of alkyl halides is 3. The topological polar surface area (TPSA) is 148 Å². The Morgan fingerprint density at radius 3 is 2.22 bits per heavy atom. The molecule has 9 rings (SSSR count). The lowest BCUT2D eigenvalue weighted by atomic mass is 9.49. The smallest absolute Gasteiger partial charge is 0.417 e. The molecule has 4 aliphatic rings. The van der Waals surface area contributed by atoms with E-state index in [1.165, 1.54) is 12.0 Å². The minimum atomic E-state index is -4.78. The monoisotopic (exact) mass is 1020 g/mol. The normalized spacial score (nSPS) is 23.5. The number of hydrogen-bond donors (Lipinski definition) is 2. The number of allylic oxidation sites excluding steroid dienone is 2. The molecule has 2 aliphatic carbocycles. The molecular formula is C49H38BrCl2F3N4O8. The minimum Gasteiger partial charge on any atom is -0.503 e. The maximum Gasteiger partial charge on any atom is 0.417 e. The number of rotatable bonds is 10. The standard InChI is InChI=1S/C49H38BrCl2F3N4O8/c1-65-31-14-17-38(66-2)25(18-31)7-4-24-5-12-30(13-6-24)58-44(61)33-16-15-32-34(40(33)46(58)63)22-35-45(62)59(57-43-37(52)21-28(23-56-43)49(53,54)55)47(64)48(35,27-8-10-29(51)11-9-27)41(32)26-19-36(50)42(60)39(20-26)67-3/h4-15,17-21,23,33-35,40-41,60H,16,22H2,1-3H3,(H,56,57)/t33-,34+,35-,40-,41-,48+/m0/s1. The van der Waals surface area contributed by atoms with Gasteiger partial charge in [0.25, 0.3) is 11.8 Å². The quantitative estimate of drug-likeness (QED) is 0.0787. The SMILES string of the molecule is COc1ccc(OC)c(C=Cc2ccc(N3C(=O)[C@H]4[C@H](CC=C5[C@H]4C[C@H]4C(=O)N(Nc6ncc(C(F)(F)F)cc6Cl)C(=O)[C@@]4(c4ccc(Cl)cc4)[C@H]5c4cc(Br)c(O)c(OC)c4)C3=O)cc2)c1. The average Bonchev–Trinajstić information content (AvgIpc) is 3.69. The van der Waals surface area contributed by atoms with Crippen LogP contribution in [-0.2, 0) is 30.8 Å². The second kappa shape index (κ2) is 17.4. The Morgan fingerprint density at radius 2 is 1.57 bits per heavy atom. The molecule has 18 heteroatoms. The van der Waals surface area contributed by atoms with Crippen LogP contribution in [0.1, 0.15) is 46.6 Å². The number of phenolic OH excluding ortho intramolecular Hbond substituents is 1. The number of anilines is 2. The fourth-order valence-corrected chi connectivity index (χ4v) is 11.0. The average molecular weight is 1020 g/mol. The van der Waals surface area contributed by atoms with Crippen molar-refractivity contribution in [3.63, 3.8) is 0 Å². The molecule has 0 bridgehead atoms. The summed E-state index contributed by atoms with van der Waals surface area (Å²) in [5.74, 6) is -6.66. The van der Waals surface area contributed by atoms with Gasteiger partial charge in [0.05, 0.1) is 65.2 Å². The number of carbonyl (C=O) groups is 4. The predicted molar refractivity (Wildman–Crippen MR) is 247 cm³/mol. The molecule has 1 aromatic heterocycles. The van der Waals surface area contributed by atoms with Gasteiger partial charge in [-0.15, -0.1) is 0 Å². The van der Waals surface area contributed by atoms with Gasteiger partial charge in [-0.1, -0.05) is 71.3 Å². The van der Waals surface area contributed by atoms with Crippen molar-refractivity contribution in [2.75, 3.05) is 31.7 Å². The second-order valence-corrected chi connectivity index (χ2v) is 18.2. The zero-order valence-corrected chi connectivity index (χ0v) is 38.7. The summed E-state index contributed by atoms with van der Waals surface area (Å²) >= 11 is 16.1. The summed E-state index contributed by atoms with van der Waals surface area (Å²) in [5, 5.41) is 11.5. The number of halogens is 6. The van der Waals surface area contributed by atoms with E-state index in [1.54, 1.807) is 87.0 Å². The molecule has 5 aromatic rings. The van der Waals surface area contributed by atoms with Crippen LogP contribution in [0.2, 0.25) is 10.0 Å². The van der Waals surface area contributed by atoms with Gasteiger partial charge in [-0.05, 0) is 112 Å². The number of phenols is 1. The van der Waals surface area contributed by atoms with E-state index in [-0.39, 0.29) is 28.8 Å². The lowest BCUT2D eigenvalue weighted by molar-refractivity contribution is -0.139. The first kappa shape index (κ1) is 45.8. The molecular weight excluding hydrogens is 980 g/mol. The van der Waals surface area contributed by atoms with Crippen molar-refractivity contribution in [3.05, 3.63) is 145 Å². The molecule has 0 radical (unpaired) electrons. The molecule has 3 heterocycles. The van der Waals surface area contributed by atoms with Crippen LogP contribution in [0.15, 0.2) is 107 Å². The molecule has 4 amide bonds. The summed E-state index contributed by atoms with van der Waals surface area (Å²) in [6, 6.07) is 22.5. The van der Waals surface area contributed by atoms with E-state index in [0.29, 0.717) is 56.2 Å². The van der Waals surface area contributed by atoms with Gasteiger partial charge in [0.1, 0.15) is 11.5 Å². The summed E-state index contributed by atoms with van der Waals surface area (Å²) in [7, 11) is 4.49. The zero-order valence-electron chi connectivity index (χ0n) is 35.6. The molecule has 3 fully saturated rings. The van der Waals surface area contributed by atoms with E-state index in [1.807, 2.05) is 24.3 Å². The number of aromatic nitrogens is 1. The molecule has 2 saturated heterocycles. The largest absolute Gasteiger partial charge is 0.503 e. The summed E-state index contributed by atoms with van der Waals surface area (Å²) in [6.45, 7) is 0. The molecule has 0 spiro atoms. The Hall–Kier alpha value is -6.36. The van der Waals surface area contributed by atoms with E-state index in [2.05, 4.69) is 26.3 Å². The van der Waals surface area contributed by atoms with Crippen LogP contribution in [0, 0.1) is 23.7 Å². The van der Waals surface area contributed by atoms with Gasteiger partial charge in [0.15, 0.2) is 17.3 Å². The highest BCUT2D eigenvalue weighted by atomic mass is 79.9. The van der Waals surface area contributed by atoms with Crippen LogP contribution >= 0.6 is 39.1 Å². The van der Waals surface area contributed by atoms with Crippen LogP contribution < -0.4 is 24.5 Å². The maximum atomic E-state index is 15.6. The number of hydrazine groups is 1. The number of benzene rings is 4. The number of nitrogens with one attached hydrogen (secondary N) is 1. The molecule has 12 nitrogen and oxygen atoms in total. The van der Waals surface area contributed by atoms with Crippen LogP contribution in [0.3, 0.4) is 0 Å². The van der Waals surface area contributed by atoms with Gasteiger partial charge in [-0.3, -0.25) is 29.5 Å². The third-order valence-corrected chi connectivity index (χ3v) is 14.3. The number of ether oxygens (including phenoxy) is 3. The Labute approximate surface area is 400 Å². The van der Waals surface area contributed by atoms with Crippen molar-refractivity contribution >= 4 is 86.4 Å². The van der Waals surface area contributed by atoms with Gasteiger partial charge >= 0.3 is 6.18 Å². The molecule has 67 heavy (non-hydrogen) atoms. The highest BCUT2D eigenvalue weighted by molar-refractivity contribution is 9.10. The number of fused-ring (bicyclic) bond motifs is 4. The van der Waals surface area contributed by atoms with Gasteiger partial charge in [-0.25, -0.2) is 4.98 Å². The second-order valence-electron chi connectivity index (χ2n) is 16.5. The predicted octanol–water partition coefficient (Wildman–Crippen LogP) is 10.3. The third kappa shape index (κ3) is 7.58. The number of methoxy groups -OCH3 is 3. The van der Waals surface area contributed by atoms with Crippen LogP contribution in [0.25, 0.3) is 12.2 Å². The number of carbonyl (C=O) groups excluding carboxylic acids is 4. The number of amides is 4.